The summed E-state index contributed by atoms with van der Waals surface area (Å²) >= 11 is 0. The highest BCUT2D eigenvalue weighted by molar-refractivity contribution is 5.76. The second-order valence-electron chi connectivity index (χ2n) is 7.40. The molecule has 8 heteroatoms. The fourth-order valence-corrected chi connectivity index (χ4v) is 3.60. The number of amides is 1. The van der Waals surface area contributed by atoms with Crippen molar-refractivity contribution in [3.05, 3.63) is 88.5 Å². The molecule has 8 nitrogen and oxygen atoms in total. The van der Waals surface area contributed by atoms with E-state index < -0.39 is 5.69 Å². The third-order valence-electron chi connectivity index (χ3n) is 5.18. The number of benzene rings is 2. The molecule has 0 fully saturated rings. The topological polar surface area (TPSA) is 81.7 Å². The van der Waals surface area contributed by atoms with E-state index in [1.807, 2.05) is 67.6 Å². The number of carbonyl (C=O) groups excluding carboxylic acids is 1. The number of rotatable bonds is 8. The van der Waals surface area contributed by atoms with Crippen molar-refractivity contribution in [2.75, 3.05) is 13.7 Å². The van der Waals surface area contributed by atoms with Crippen LogP contribution in [0.2, 0.25) is 0 Å². The zero-order chi connectivity index (χ0) is 22.5. The summed E-state index contributed by atoms with van der Waals surface area (Å²) in [6.45, 7) is 3.07. The van der Waals surface area contributed by atoms with Crippen molar-refractivity contribution >= 4 is 11.6 Å². The molecule has 0 saturated heterocycles. The number of ether oxygens (including phenoxy) is 1. The molecule has 0 unspecified atom stereocenters. The van der Waals surface area contributed by atoms with E-state index in [-0.39, 0.29) is 19.1 Å². The third kappa shape index (κ3) is 4.45. The van der Waals surface area contributed by atoms with Crippen LogP contribution < -0.4 is 5.69 Å². The van der Waals surface area contributed by atoms with Crippen molar-refractivity contribution in [3.63, 3.8) is 0 Å². The fraction of sp³-hybridized carbons (Fsp3) is 0.250. The Morgan fingerprint density at radius 1 is 1.06 bits per heavy atom. The lowest BCUT2D eigenvalue weighted by atomic mass is 10.2. The number of fused-ring (bicyclic) bond motifs is 1. The van der Waals surface area contributed by atoms with Crippen molar-refractivity contribution in [1.29, 1.82) is 0 Å². The summed E-state index contributed by atoms with van der Waals surface area (Å²) in [7, 11) is 1.59. The largest absolute Gasteiger partial charge is 0.378 e. The first-order chi connectivity index (χ1) is 15.6. The van der Waals surface area contributed by atoms with Gasteiger partial charge in [-0.2, -0.15) is 0 Å². The van der Waals surface area contributed by atoms with Crippen LogP contribution in [0.1, 0.15) is 18.2 Å². The predicted octanol–water partition coefficient (Wildman–Crippen LogP) is 2.75. The Balaban J connectivity index is 1.70. The van der Waals surface area contributed by atoms with Gasteiger partial charge in [-0.1, -0.05) is 60.7 Å². The lowest BCUT2D eigenvalue weighted by molar-refractivity contribution is -0.132. The van der Waals surface area contributed by atoms with Crippen LogP contribution in [0, 0.1) is 0 Å². The molecule has 0 aliphatic heterocycles. The van der Waals surface area contributed by atoms with Gasteiger partial charge in [0.15, 0.2) is 5.65 Å². The predicted molar refractivity (Wildman–Crippen MR) is 121 cm³/mol. The molecule has 0 aliphatic rings. The zero-order valence-corrected chi connectivity index (χ0v) is 18.1. The molecule has 4 aromatic rings. The molecule has 2 aromatic carbocycles. The molecule has 0 aliphatic carbocycles. The monoisotopic (exact) mass is 431 g/mol. The van der Waals surface area contributed by atoms with Gasteiger partial charge in [0.25, 0.3) is 0 Å². The van der Waals surface area contributed by atoms with E-state index in [0.29, 0.717) is 30.3 Å². The van der Waals surface area contributed by atoms with Gasteiger partial charge < -0.3 is 9.64 Å². The maximum atomic E-state index is 13.2. The summed E-state index contributed by atoms with van der Waals surface area (Å²) in [4.78, 5) is 32.5. The van der Waals surface area contributed by atoms with Gasteiger partial charge in [0.05, 0.1) is 12.3 Å². The molecule has 1 amide bonds. The van der Waals surface area contributed by atoms with Gasteiger partial charge in [-0.25, -0.2) is 18.9 Å². The highest BCUT2D eigenvalue weighted by Gasteiger charge is 2.19. The first-order valence-electron chi connectivity index (χ1n) is 10.5. The van der Waals surface area contributed by atoms with Crippen molar-refractivity contribution in [1.82, 2.24) is 24.1 Å². The van der Waals surface area contributed by atoms with Crippen LogP contribution in [-0.4, -0.2) is 43.6 Å². The Kier molecular flexibility index (Phi) is 6.42. The van der Waals surface area contributed by atoms with Crippen molar-refractivity contribution < 1.29 is 9.53 Å². The summed E-state index contributed by atoms with van der Waals surface area (Å²) in [5.74, 6) is 0.295. The maximum absolute atomic E-state index is 13.2. The van der Waals surface area contributed by atoms with Gasteiger partial charge in [-0.15, -0.1) is 5.10 Å². The number of methoxy groups -OCH3 is 1. The number of likely N-dealkylation sites (N-methyl/N-ethyl adjacent to an activating group) is 1. The summed E-state index contributed by atoms with van der Waals surface area (Å²) in [5.41, 5.74) is 2.49. The lowest BCUT2D eigenvalue weighted by Gasteiger charge is -2.20. The molecule has 0 radical (unpaired) electrons. The van der Waals surface area contributed by atoms with Crippen LogP contribution in [0.25, 0.3) is 17.0 Å². The van der Waals surface area contributed by atoms with E-state index in [1.165, 1.54) is 9.08 Å². The molecule has 0 spiro atoms. The maximum Gasteiger partial charge on any atom is 0.352 e. The molecule has 4 rings (SSSR count). The van der Waals surface area contributed by atoms with E-state index in [0.717, 1.165) is 11.1 Å². The van der Waals surface area contributed by atoms with Gasteiger partial charge >= 0.3 is 5.69 Å². The van der Waals surface area contributed by atoms with E-state index >= 15 is 0 Å². The zero-order valence-electron chi connectivity index (χ0n) is 18.1. The summed E-state index contributed by atoms with van der Waals surface area (Å²) in [5, 5.41) is 4.43. The quantitative estimate of drug-likeness (QED) is 0.429. The average Bonchev–Trinajstić information content (AvgIpc) is 3.13. The summed E-state index contributed by atoms with van der Waals surface area (Å²) < 4.78 is 7.87. The first kappa shape index (κ1) is 21.5. The minimum absolute atomic E-state index is 0.144. The Morgan fingerprint density at radius 3 is 2.41 bits per heavy atom. The van der Waals surface area contributed by atoms with Gasteiger partial charge in [0.2, 0.25) is 5.91 Å². The minimum atomic E-state index is -0.403. The Bertz CT molecular complexity index is 1270. The molecule has 2 heterocycles. The fourth-order valence-electron chi connectivity index (χ4n) is 3.60. The van der Waals surface area contributed by atoms with Crippen molar-refractivity contribution in [3.8, 4) is 11.4 Å². The SMILES string of the molecule is CCN(Cc1ccccc1)C(=O)Cn1nc2cc(COC)nc(-c3ccccc3)n2c1=O. The number of hydrogen-bond acceptors (Lipinski definition) is 5. The van der Waals surface area contributed by atoms with Crippen LogP contribution >= 0.6 is 0 Å². The Morgan fingerprint density at radius 2 is 1.75 bits per heavy atom. The Labute approximate surface area is 185 Å². The normalized spacial score (nSPS) is 11.1. The smallest absolute Gasteiger partial charge is 0.352 e. The molecule has 0 saturated carbocycles. The van der Waals surface area contributed by atoms with E-state index in [9.17, 15) is 9.59 Å². The second-order valence-corrected chi connectivity index (χ2v) is 7.40. The standard InChI is InChI=1S/C24H25N5O3/c1-3-27(15-18-10-6-4-7-11-18)22(30)16-28-24(31)29-21(26-28)14-20(17-32-2)25-23(29)19-12-8-5-9-13-19/h4-14H,3,15-17H2,1-2H3. The van der Waals surface area contributed by atoms with Gasteiger partial charge in [0, 0.05) is 31.8 Å². The minimum Gasteiger partial charge on any atom is -0.378 e. The number of nitrogens with zero attached hydrogens (tertiary/aromatic N) is 5. The van der Waals surface area contributed by atoms with E-state index in [1.54, 1.807) is 18.1 Å². The summed E-state index contributed by atoms with van der Waals surface area (Å²) in [6.07, 6.45) is 0. The summed E-state index contributed by atoms with van der Waals surface area (Å²) in [6, 6.07) is 20.9. The van der Waals surface area contributed by atoms with Crippen LogP contribution in [0.3, 0.4) is 0 Å². The van der Waals surface area contributed by atoms with E-state index in [2.05, 4.69) is 10.1 Å². The molecule has 0 bridgehead atoms. The van der Waals surface area contributed by atoms with Gasteiger partial charge in [-0.05, 0) is 12.5 Å². The van der Waals surface area contributed by atoms with Crippen LogP contribution in [0.4, 0.5) is 0 Å². The molecular weight excluding hydrogens is 406 g/mol. The third-order valence-corrected chi connectivity index (χ3v) is 5.18. The molecule has 32 heavy (non-hydrogen) atoms. The van der Waals surface area contributed by atoms with Crippen LogP contribution in [0.5, 0.6) is 0 Å². The molecule has 0 atom stereocenters. The van der Waals surface area contributed by atoms with Crippen molar-refractivity contribution in [2.45, 2.75) is 26.6 Å². The molecule has 164 valence electrons. The number of aromatic nitrogens is 4. The molecule has 2 aromatic heterocycles. The number of carbonyl (C=O) groups is 1. The Hall–Kier alpha value is -3.78. The van der Waals surface area contributed by atoms with E-state index in [4.69, 9.17) is 4.74 Å². The van der Waals surface area contributed by atoms with Crippen LogP contribution in [0.15, 0.2) is 71.5 Å². The highest BCUT2D eigenvalue weighted by atomic mass is 16.5. The highest BCUT2D eigenvalue weighted by Crippen LogP contribution is 2.18. The average molecular weight is 431 g/mol. The first-order valence-corrected chi connectivity index (χ1v) is 10.5. The molecule has 0 N–H and O–H groups in total. The van der Waals surface area contributed by atoms with Gasteiger partial charge in [0.1, 0.15) is 12.4 Å². The lowest BCUT2D eigenvalue weighted by Crippen LogP contribution is -2.36. The molecular formula is C24H25N5O3. The van der Waals surface area contributed by atoms with Crippen LogP contribution in [-0.2, 0) is 29.2 Å². The van der Waals surface area contributed by atoms with Gasteiger partial charge in [-0.3, -0.25) is 4.79 Å². The second kappa shape index (κ2) is 9.57. The number of hydrogen-bond donors (Lipinski definition) is 0. The van der Waals surface area contributed by atoms with Crippen molar-refractivity contribution in [2.24, 2.45) is 0 Å².